The summed E-state index contributed by atoms with van der Waals surface area (Å²) in [5.74, 6) is -0.498. The molecule has 3 N–H and O–H groups in total. The molecule has 0 radical (unpaired) electrons. The lowest BCUT2D eigenvalue weighted by atomic mass is 9.98. The molecule has 1 saturated heterocycles. The topological polar surface area (TPSA) is 105 Å². The van der Waals surface area contributed by atoms with Crippen LogP contribution in [0, 0.1) is 11.3 Å². The number of benzene rings is 2. The molecular weight excluding hydrogens is 451 g/mol. The van der Waals surface area contributed by atoms with E-state index in [0.29, 0.717) is 40.5 Å². The van der Waals surface area contributed by atoms with E-state index in [9.17, 15) is 14.7 Å². The smallest absolute Gasteiger partial charge is 0.256 e. The Morgan fingerprint density at radius 3 is 2.72 bits per heavy atom. The molecule has 0 unspecified atom stereocenters. The zero-order valence-electron chi connectivity index (χ0n) is 17.4. The van der Waals surface area contributed by atoms with Gasteiger partial charge in [-0.05, 0) is 62.1 Å². The van der Waals surface area contributed by atoms with Crippen molar-refractivity contribution in [3.8, 4) is 6.07 Å². The number of likely N-dealkylation sites (tertiary alicyclic amines) is 1. The fraction of sp³-hybridized carbons (Fsp3) is 0.348. The zero-order chi connectivity index (χ0) is 23.1. The number of piperidine rings is 1. The first-order chi connectivity index (χ1) is 15.4. The van der Waals surface area contributed by atoms with Crippen LogP contribution in [-0.2, 0) is 4.79 Å². The van der Waals surface area contributed by atoms with Gasteiger partial charge in [-0.2, -0.15) is 5.26 Å². The molecule has 2 aromatic carbocycles. The number of aliphatic hydroxyl groups excluding tert-OH is 1. The number of carbonyl (C=O) groups excluding carboxylic acids is 2. The maximum absolute atomic E-state index is 13.3. The Kier molecular flexibility index (Phi) is 8.34. The normalized spacial score (nSPS) is 15.7. The molecule has 9 heteroatoms. The van der Waals surface area contributed by atoms with Gasteiger partial charge in [0.2, 0.25) is 5.91 Å². The van der Waals surface area contributed by atoms with E-state index in [4.69, 9.17) is 28.5 Å². The molecule has 0 bridgehead atoms. The molecule has 3 rings (SSSR count). The minimum Gasteiger partial charge on any atom is -0.396 e. The molecule has 1 atom stereocenters. The molecule has 0 spiro atoms. The van der Waals surface area contributed by atoms with Gasteiger partial charge in [0.1, 0.15) is 6.07 Å². The first-order valence-electron chi connectivity index (χ1n) is 10.4. The molecule has 0 aliphatic carbocycles. The minimum atomic E-state index is -0.347. The summed E-state index contributed by atoms with van der Waals surface area (Å²) in [5.41, 5.74) is 1.67. The van der Waals surface area contributed by atoms with Crippen LogP contribution in [0.4, 0.5) is 11.4 Å². The van der Waals surface area contributed by atoms with Gasteiger partial charge in [-0.25, -0.2) is 0 Å². The molecule has 168 valence electrons. The van der Waals surface area contributed by atoms with Crippen LogP contribution < -0.4 is 10.6 Å². The Balaban J connectivity index is 1.71. The average Bonchev–Trinajstić information content (AvgIpc) is 2.78. The second-order valence-electron chi connectivity index (χ2n) is 7.56. The van der Waals surface area contributed by atoms with Crippen molar-refractivity contribution in [1.29, 1.82) is 5.26 Å². The Morgan fingerprint density at radius 2 is 2.00 bits per heavy atom. The lowest BCUT2D eigenvalue weighted by Gasteiger charge is -2.36. The third-order valence-corrected chi connectivity index (χ3v) is 5.92. The summed E-state index contributed by atoms with van der Waals surface area (Å²) >= 11 is 12.1. The second-order valence-corrected chi connectivity index (χ2v) is 8.40. The molecule has 2 aromatic rings. The molecule has 1 aliphatic rings. The van der Waals surface area contributed by atoms with Gasteiger partial charge in [-0.15, -0.1) is 0 Å². The molecule has 2 amide bonds. The van der Waals surface area contributed by atoms with Crippen LogP contribution in [0.2, 0.25) is 10.0 Å². The van der Waals surface area contributed by atoms with Crippen molar-refractivity contribution in [3.63, 3.8) is 0 Å². The van der Waals surface area contributed by atoms with E-state index in [-0.39, 0.29) is 36.0 Å². The van der Waals surface area contributed by atoms with Gasteiger partial charge in [0.25, 0.3) is 5.91 Å². The van der Waals surface area contributed by atoms with E-state index in [0.717, 1.165) is 19.3 Å². The van der Waals surface area contributed by atoms with Crippen molar-refractivity contribution in [3.05, 3.63) is 57.6 Å². The van der Waals surface area contributed by atoms with Crippen molar-refractivity contribution >= 4 is 46.4 Å². The van der Waals surface area contributed by atoms with Crippen molar-refractivity contribution in [2.24, 2.45) is 0 Å². The molecule has 1 heterocycles. The number of amides is 2. The minimum absolute atomic E-state index is 0.00536. The third kappa shape index (κ3) is 5.92. The molecular formula is C23H24Cl2N4O3. The predicted molar refractivity (Wildman–Crippen MR) is 125 cm³/mol. The lowest BCUT2D eigenvalue weighted by Crippen LogP contribution is -2.44. The zero-order valence-corrected chi connectivity index (χ0v) is 18.9. The van der Waals surface area contributed by atoms with Gasteiger partial charge in [-0.1, -0.05) is 23.2 Å². The number of anilines is 2. The number of halogens is 2. The third-order valence-electron chi connectivity index (χ3n) is 5.38. The highest BCUT2D eigenvalue weighted by atomic mass is 35.5. The van der Waals surface area contributed by atoms with Crippen molar-refractivity contribution in [2.45, 2.75) is 31.7 Å². The summed E-state index contributed by atoms with van der Waals surface area (Å²) in [6, 6.07) is 11.5. The highest BCUT2D eigenvalue weighted by Gasteiger charge is 2.28. The van der Waals surface area contributed by atoms with Gasteiger partial charge in [0.15, 0.2) is 0 Å². The van der Waals surface area contributed by atoms with E-state index in [1.807, 2.05) is 6.07 Å². The highest BCUT2D eigenvalue weighted by molar-refractivity contribution is 6.32. The number of nitrogens with zero attached hydrogens (tertiary/aromatic N) is 2. The van der Waals surface area contributed by atoms with Crippen LogP contribution >= 0.6 is 23.2 Å². The van der Waals surface area contributed by atoms with Crippen LogP contribution in [0.5, 0.6) is 0 Å². The lowest BCUT2D eigenvalue weighted by molar-refractivity contribution is -0.114. The maximum Gasteiger partial charge on any atom is 0.256 e. The molecule has 1 aliphatic heterocycles. The van der Waals surface area contributed by atoms with Gasteiger partial charge in [-0.3, -0.25) is 9.59 Å². The van der Waals surface area contributed by atoms with Crippen LogP contribution in [0.15, 0.2) is 36.4 Å². The van der Waals surface area contributed by atoms with E-state index < -0.39 is 0 Å². The Hall–Kier alpha value is -2.79. The summed E-state index contributed by atoms with van der Waals surface area (Å²) in [6.07, 6.45) is 3.34. The van der Waals surface area contributed by atoms with Crippen molar-refractivity contribution in [1.82, 2.24) is 4.90 Å². The average molecular weight is 475 g/mol. The fourth-order valence-electron chi connectivity index (χ4n) is 3.79. The molecule has 0 saturated carbocycles. The molecule has 7 nitrogen and oxygen atoms in total. The monoisotopic (exact) mass is 474 g/mol. The van der Waals surface area contributed by atoms with Crippen LogP contribution in [0.3, 0.4) is 0 Å². The summed E-state index contributed by atoms with van der Waals surface area (Å²) in [5, 5.41) is 24.7. The number of nitrogens with one attached hydrogen (secondary N) is 2. The second kappa shape index (κ2) is 11.2. The first kappa shape index (κ1) is 23.9. The summed E-state index contributed by atoms with van der Waals surface area (Å²) in [7, 11) is 0. The Morgan fingerprint density at radius 1 is 1.19 bits per heavy atom. The van der Waals surface area contributed by atoms with Gasteiger partial charge >= 0.3 is 0 Å². The van der Waals surface area contributed by atoms with E-state index in [1.54, 1.807) is 29.2 Å². The van der Waals surface area contributed by atoms with Crippen LogP contribution in [-0.4, -0.2) is 47.6 Å². The highest BCUT2D eigenvalue weighted by Crippen LogP contribution is 2.27. The maximum atomic E-state index is 13.3. The van der Waals surface area contributed by atoms with Crippen LogP contribution in [0.25, 0.3) is 0 Å². The van der Waals surface area contributed by atoms with Crippen molar-refractivity contribution in [2.75, 3.05) is 30.3 Å². The molecule has 32 heavy (non-hydrogen) atoms. The van der Waals surface area contributed by atoms with Gasteiger partial charge in [0.05, 0.1) is 22.7 Å². The molecule has 0 aromatic heterocycles. The number of nitriles is 1. The van der Waals surface area contributed by atoms with E-state index >= 15 is 0 Å². The number of hydrogen-bond donors (Lipinski definition) is 3. The predicted octanol–water partition coefficient (Wildman–Crippen LogP) is 4.29. The number of rotatable bonds is 7. The van der Waals surface area contributed by atoms with E-state index in [1.165, 1.54) is 12.1 Å². The summed E-state index contributed by atoms with van der Waals surface area (Å²) in [6.45, 7) is 0.559. The number of aliphatic hydroxyl groups is 1. The Bertz CT molecular complexity index is 1040. The summed E-state index contributed by atoms with van der Waals surface area (Å²) in [4.78, 5) is 27.5. The van der Waals surface area contributed by atoms with Gasteiger partial charge < -0.3 is 20.6 Å². The number of hydrogen-bond acceptors (Lipinski definition) is 5. The van der Waals surface area contributed by atoms with Gasteiger partial charge in [0, 0.05) is 35.6 Å². The Labute approximate surface area is 196 Å². The summed E-state index contributed by atoms with van der Waals surface area (Å²) < 4.78 is 0. The largest absolute Gasteiger partial charge is 0.396 e. The van der Waals surface area contributed by atoms with E-state index in [2.05, 4.69) is 10.6 Å². The SMILES string of the molecule is N#Cc1ccc(NC(=O)CNc2cc(Cl)ccc2C(=O)N2CCCC[C@@H]2CCO)cc1Cl. The molecule has 1 fully saturated rings. The fourth-order valence-corrected chi connectivity index (χ4v) is 4.18. The number of carbonyl (C=O) groups is 2. The van der Waals surface area contributed by atoms with Crippen molar-refractivity contribution < 1.29 is 14.7 Å². The van der Waals surface area contributed by atoms with Crippen LogP contribution in [0.1, 0.15) is 41.6 Å². The first-order valence-corrected chi connectivity index (χ1v) is 11.1. The standard InChI is InChI=1S/C23H24Cl2N4O3/c24-16-5-7-19(23(32)29-9-2-1-3-18(29)8-10-30)21(11-16)27-14-22(31)28-17-6-4-15(13-26)20(25)12-17/h4-7,11-12,18,27,30H,1-3,8-10,14H2,(H,28,31)/t18-/m1/s1. The quantitative estimate of drug-likeness (QED) is 0.554.